The summed E-state index contributed by atoms with van der Waals surface area (Å²) in [6.45, 7) is 2.30. The molecule has 0 unspecified atom stereocenters. The first-order valence-electron chi connectivity index (χ1n) is 7.00. The van der Waals surface area contributed by atoms with Gasteiger partial charge in [0.2, 0.25) is 0 Å². The molecule has 1 aliphatic carbocycles. The number of piperidine rings is 1. The molecule has 1 aromatic carbocycles. The van der Waals surface area contributed by atoms with Crippen LogP contribution in [0.2, 0.25) is 0 Å². The van der Waals surface area contributed by atoms with Gasteiger partial charge in [-0.15, -0.1) is 0 Å². The Morgan fingerprint density at radius 2 is 1.83 bits per heavy atom. The Morgan fingerprint density at radius 1 is 1.11 bits per heavy atom. The van der Waals surface area contributed by atoms with Gasteiger partial charge in [-0.1, -0.05) is 6.07 Å². The van der Waals surface area contributed by atoms with E-state index in [2.05, 4.69) is 28.4 Å². The number of hydrogen-bond donors (Lipinski definition) is 1. The maximum Gasteiger partial charge on any atom is 0.120 e. The first-order valence-corrected chi connectivity index (χ1v) is 7.00. The van der Waals surface area contributed by atoms with Crippen LogP contribution in [0.5, 0.6) is 5.75 Å². The van der Waals surface area contributed by atoms with E-state index >= 15 is 0 Å². The summed E-state index contributed by atoms with van der Waals surface area (Å²) < 4.78 is 5.29. The molecule has 3 heteroatoms. The minimum atomic E-state index is 0.736. The van der Waals surface area contributed by atoms with Crippen LogP contribution in [0.4, 0.5) is 5.69 Å². The highest BCUT2D eigenvalue weighted by Gasteiger charge is 2.27. The maximum atomic E-state index is 5.29. The normalized spacial score (nSPS) is 21.1. The van der Waals surface area contributed by atoms with Crippen LogP contribution in [0.3, 0.4) is 0 Å². The summed E-state index contributed by atoms with van der Waals surface area (Å²) in [7, 11) is 1.73. The molecule has 1 saturated carbocycles. The van der Waals surface area contributed by atoms with Crippen LogP contribution in [0, 0.1) is 0 Å². The molecule has 2 aliphatic rings. The average Bonchev–Trinajstić information content (AvgIpc) is 3.24. The maximum absolute atomic E-state index is 5.29. The Bertz CT molecular complexity index is 395. The Balaban J connectivity index is 1.57. The molecule has 3 nitrogen and oxygen atoms in total. The van der Waals surface area contributed by atoms with Crippen molar-refractivity contribution in [2.24, 2.45) is 0 Å². The first-order chi connectivity index (χ1) is 8.85. The number of hydrogen-bond acceptors (Lipinski definition) is 3. The molecule has 1 saturated heterocycles. The van der Waals surface area contributed by atoms with Crippen molar-refractivity contribution in [3.63, 3.8) is 0 Å². The van der Waals surface area contributed by atoms with Crippen molar-refractivity contribution < 1.29 is 4.74 Å². The molecule has 2 fully saturated rings. The number of rotatable bonds is 4. The molecule has 1 aliphatic heterocycles. The van der Waals surface area contributed by atoms with Crippen LogP contribution >= 0.6 is 0 Å². The van der Waals surface area contributed by atoms with Gasteiger partial charge in [-0.2, -0.15) is 0 Å². The predicted octanol–water partition coefficient (Wildman–Crippen LogP) is 2.42. The zero-order chi connectivity index (χ0) is 12.4. The van der Waals surface area contributed by atoms with Crippen molar-refractivity contribution >= 4 is 5.69 Å². The fraction of sp³-hybridized carbons (Fsp3) is 0.600. The molecule has 1 N–H and O–H groups in total. The van der Waals surface area contributed by atoms with Crippen LogP contribution in [0.15, 0.2) is 24.3 Å². The molecular weight excluding hydrogens is 224 g/mol. The van der Waals surface area contributed by atoms with Gasteiger partial charge in [-0.25, -0.2) is 0 Å². The number of benzene rings is 1. The number of ether oxygens (including phenoxy) is 1. The minimum absolute atomic E-state index is 0.736. The minimum Gasteiger partial charge on any atom is -0.497 e. The highest BCUT2D eigenvalue weighted by molar-refractivity contribution is 5.51. The van der Waals surface area contributed by atoms with Crippen molar-refractivity contribution in [2.75, 3.05) is 25.1 Å². The molecule has 0 aromatic heterocycles. The Kier molecular flexibility index (Phi) is 3.41. The Hall–Kier alpha value is -1.22. The third kappa shape index (κ3) is 2.78. The summed E-state index contributed by atoms with van der Waals surface area (Å²) in [5.74, 6) is 0.950. The van der Waals surface area contributed by atoms with Crippen LogP contribution in [-0.4, -0.2) is 32.3 Å². The van der Waals surface area contributed by atoms with Crippen molar-refractivity contribution in [3.05, 3.63) is 24.3 Å². The van der Waals surface area contributed by atoms with Crippen LogP contribution in [-0.2, 0) is 0 Å². The number of anilines is 1. The second-order valence-corrected chi connectivity index (χ2v) is 5.40. The molecule has 0 spiro atoms. The van der Waals surface area contributed by atoms with E-state index in [4.69, 9.17) is 4.74 Å². The molecule has 0 atom stereocenters. The third-order valence-corrected chi connectivity index (χ3v) is 3.96. The third-order valence-electron chi connectivity index (χ3n) is 3.96. The van der Waals surface area contributed by atoms with Gasteiger partial charge >= 0.3 is 0 Å². The van der Waals surface area contributed by atoms with E-state index in [0.29, 0.717) is 0 Å². The highest BCUT2D eigenvalue weighted by atomic mass is 16.5. The largest absolute Gasteiger partial charge is 0.497 e. The van der Waals surface area contributed by atoms with Crippen molar-refractivity contribution in [3.8, 4) is 5.75 Å². The number of nitrogens with zero attached hydrogens (tertiary/aromatic N) is 1. The fourth-order valence-electron chi connectivity index (χ4n) is 2.69. The second-order valence-electron chi connectivity index (χ2n) is 5.40. The van der Waals surface area contributed by atoms with Crippen LogP contribution in [0.25, 0.3) is 0 Å². The summed E-state index contributed by atoms with van der Waals surface area (Å²) in [5.41, 5.74) is 1.29. The monoisotopic (exact) mass is 246 g/mol. The zero-order valence-corrected chi connectivity index (χ0v) is 11.1. The number of nitrogens with one attached hydrogen (secondary N) is 1. The van der Waals surface area contributed by atoms with Gasteiger partial charge in [0.05, 0.1) is 7.11 Å². The van der Waals surface area contributed by atoms with E-state index in [1.54, 1.807) is 7.11 Å². The molecule has 3 rings (SSSR count). The van der Waals surface area contributed by atoms with Gasteiger partial charge in [0, 0.05) is 36.9 Å². The summed E-state index contributed by atoms with van der Waals surface area (Å²) in [6, 6.07) is 9.96. The molecule has 0 radical (unpaired) electrons. The molecule has 1 aromatic rings. The molecular formula is C15H22N2O. The SMILES string of the molecule is COc1cccc(N2CCC(NC3CC3)CC2)c1. The van der Waals surface area contributed by atoms with Gasteiger partial charge < -0.3 is 15.0 Å². The van der Waals surface area contributed by atoms with Gasteiger partial charge in [0.1, 0.15) is 5.75 Å². The lowest BCUT2D eigenvalue weighted by Gasteiger charge is -2.34. The summed E-state index contributed by atoms with van der Waals surface area (Å²) in [6.07, 6.45) is 5.29. The molecule has 0 amide bonds. The summed E-state index contributed by atoms with van der Waals surface area (Å²) >= 11 is 0. The smallest absolute Gasteiger partial charge is 0.120 e. The lowest BCUT2D eigenvalue weighted by atomic mass is 10.0. The predicted molar refractivity (Wildman–Crippen MR) is 74.4 cm³/mol. The molecule has 0 bridgehead atoms. The standard InChI is InChI=1S/C15H22N2O/c1-18-15-4-2-3-14(11-15)17-9-7-13(8-10-17)16-12-5-6-12/h2-4,11-13,16H,5-10H2,1H3. The van der Waals surface area contributed by atoms with Gasteiger partial charge in [0.15, 0.2) is 0 Å². The molecule has 18 heavy (non-hydrogen) atoms. The van der Waals surface area contributed by atoms with Crippen molar-refractivity contribution in [1.82, 2.24) is 5.32 Å². The quantitative estimate of drug-likeness (QED) is 0.883. The van der Waals surface area contributed by atoms with Crippen molar-refractivity contribution in [1.29, 1.82) is 0 Å². The zero-order valence-electron chi connectivity index (χ0n) is 11.1. The summed E-state index contributed by atoms with van der Waals surface area (Å²) in [5, 5.41) is 3.74. The van der Waals surface area contributed by atoms with Crippen LogP contribution in [0.1, 0.15) is 25.7 Å². The fourth-order valence-corrected chi connectivity index (χ4v) is 2.69. The van der Waals surface area contributed by atoms with Gasteiger partial charge in [-0.3, -0.25) is 0 Å². The Morgan fingerprint density at radius 3 is 2.50 bits per heavy atom. The van der Waals surface area contributed by atoms with E-state index < -0.39 is 0 Å². The lowest BCUT2D eigenvalue weighted by molar-refractivity contribution is 0.408. The second kappa shape index (κ2) is 5.19. The van der Waals surface area contributed by atoms with E-state index in [1.807, 2.05) is 6.07 Å². The van der Waals surface area contributed by atoms with E-state index in [-0.39, 0.29) is 0 Å². The van der Waals surface area contributed by atoms with Gasteiger partial charge in [-0.05, 0) is 37.8 Å². The van der Waals surface area contributed by atoms with Gasteiger partial charge in [0.25, 0.3) is 0 Å². The van der Waals surface area contributed by atoms with E-state index in [0.717, 1.165) is 30.9 Å². The molecule has 98 valence electrons. The summed E-state index contributed by atoms with van der Waals surface area (Å²) in [4.78, 5) is 2.47. The number of methoxy groups -OCH3 is 1. The lowest BCUT2D eigenvalue weighted by Crippen LogP contribution is -2.43. The molecule has 1 heterocycles. The van der Waals surface area contributed by atoms with Crippen LogP contribution < -0.4 is 15.0 Å². The van der Waals surface area contributed by atoms with E-state index in [1.165, 1.54) is 31.4 Å². The highest BCUT2D eigenvalue weighted by Crippen LogP contribution is 2.26. The van der Waals surface area contributed by atoms with E-state index in [9.17, 15) is 0 Å². The average molecular weight is 246 g/mol. The Labute approximate surface area is 109 Å². The topological polar surface area (TPSA) is 24.5 Å². The first kappa shape index (κ1) is 11.8. The van der Waals surface area contributed by atoms with Crippen molar-refractivity contribution in [2.45, 2.75) is 37.8 Å².